The van der Waals surface area contributed by atoms with Crippen LogP contribution in [0.2, 0.25) is 10.0 Å². The molecule has 3 aromatic rings. The normalized spacial score (nSPS) is 11.9. The summed E-state index contributed by atoms with van der Waals surface area (Å²) in [5.74, 6) is -0.124. The molecule has 0 radical (unpaired) electrons. The standard InChI is InChI=1S/C30H35Cl2N3O5S/c1-4-33-30(37)27(19-22-10-6-5-7-11-22)34(21-23-12-8-13-24(31)18-23)29(36)14-9-17-35(41(3,38)39)25-15-16-28(40-2)26(32)20-25/h5-8,10-13,15-16,18,20,27H,4,9,14,17,19,21H2,1-3H3,(H,33,37). The number of amides is 2. The van der Waals surface area contributed by atoms with Gasteiger partial charge < -0.3 is 15.0 Å². The first-order valence-electron chi connectivity index (χ1n) is 13.2. The second-order valence-electron chi connectivity index (χ2n) is 9.51. The first-order chi connectivity index (χ1) is 19.5. The van der Waals surface area contributed by atoms with Crippen LogP contribution < -0.4 is 14.4 Å². The van der Waals surface area contributed by atoms with E-state index in [1.807, 2.05) is 43.3 Å². The summed E-state index contributed by atoms with van der Waals surface area (Å²) in [7, 11) is -2.20. The lowest BCUT2D eigenvalue weighted by molar-refractivity contribution is -0.141. The molecule has 1 N–H and O–H groups in total. The molecule has 1 unspecified atom stereocenters. The van der Waals surface area contributed by atoms with Gasteiger partial charge in [-0.1, -0.05) is 65.7 Å². The van der Waals surface area contributed by atoms with Gasteiger partial charge in [-0.15, -0.1) is 0 Å². The van der Waals surface area contributed by atoms with Crippen molar-refractivity contribution in [2.24, 2.45) is 0 Å². The highest BCUT2D eigenvalue weighted by molar-refractivity contribution is 7.92. The quantitative estimate of drug-likeness (QED) is 0.263. The Morgan fingerprint density at radius 2 is 1.68 bits per heavy atom. The number of carbonyl (C=O) groups is 2. The molecule has 0 bridgehead atoms. The molecule has 41 heavy (non-hydrogen) atoms. The average molecular weight is 621 g/mol. The van der Waals surface area contributed by atoms with Gasteiger partial charge in [0.25, 0.3) is 0 Å². The number of hydrogen-bond donors (Lipinski definition) is 1. The van der Waals surface area contributed by atoms with E-state index in [4.69, 9.17) is 27.9 Å². The molecule has 3 aromatic carbocycles. The van der Waals surface area contributed by atoms with Crippen molar-refractivity contribution in [3.05, 3.63) is 94.0 Å². The molecule has 3 rings (SSSR count). The number of nitrogens with zero attached hydrogens (tertiary/aromatic N) is 2. The molecule has 0 aliphatic heterocycles. The van der Waals surface area contributed by atoms with Crippen LogP contribution >= 0.6 is 23.2 Å². The van der Waals surface area contributed by atoms with Gasteiger partial charge in [-0.3, -0.25) is 13.9 Å². The van der Waals surface area contributed by atoms with Crippen LogP contribution in [0.3, 0.4) is 0 Å². The van der Waals surface area contributed by atoms with Crippen molar-refractivity contribution in [2.45, 2.75) is 38.8 Å². The number of benzene rings is 3. The van der Waals surface area contributed by atoms with E-state index >= 15 is 0 Å². The van der Waals surface area contributed by atoms with Gasteiger partial charge in [0.2, 0.25) is 21.8 Å². The van der Waals surface area contributed by atoms with Gasteiger partial charge >= 0.3 is 0 Å². The highest BCUT2D eigenvalue weighted by Gasteiger charge is 2.30. The number of anilines is 1. The van der Waals surface area contributed by atoms with Crippen LogP contribution in [0.1, 0.15) is 30.9 Å². The Kier molecular flexibility index (Phi) is 11.9. The highest BCUT2D eigenvalue weighted by atomic mass is 35.5. The molecule has 0 fully saturated rings. The number of carbonyl (C=O) groups excluding carboxylic acids is 2. The summed E-state index contributed by atoms with van der Waals surface area (Å²) in [6.45, 7) is 2.45. The lowest BCUT2D eigenvalue weighted by Gasteiger charge is -2.32. The van der Waals surface area contributed by atoms with Gasteiger partial charge in [0.15, 0.2) is 0 Å². The fourth-order valence-electron chi connectivity index (χ4n) is 4.49. The zero-order chi connectivity index (χ0) is 30.0. The SMILES string of the molecule is CCNC(=O)C(Cc1ccccc1)N(Cc1cccc(Cl)c1)C(=O)CCCN(c1ccc(OC)c(Cl)c1)S(C)(=O)=O. The minimum Gasteiger partial charge on any atom is -0.495 e. The summed E-state index contributed by atoms with van der Waals surface area (Å²) in [4.78, 5) is 28.6. The number of ether oxygens (including phenoxy) is 1. The number of hydrogen-bond acceptors (Lipinski definition) is 5. The molecule has 0 aromatic heterocycles. The van der Waals surface area contributed by atoms with E-state index in [2.05, 4.69) is 5.32 Å². The predicted octanol–water partition coefficient (Wildman–Crippen LogP) is 5.32. The zero-order valence-corrected chi connectivity index (χ0v) is 25.7. The van der Waals surface area contributed by atoms with Crippen molar-refractivity contribution in [3.8, 4) is 5.75 Å². The number of rotatable bonds is 14. The van der Waals surface area contributed by atoms with Gasteiger partial charge in [0, 0.05) is 37.5 Å². The topological polar surface area (TPSA) is 96.0 Å². The second kappa shape index (κ2) is 15.1. The molecular formula is C30H35Cl2N3O5S. The van der Waals surface area contributed by atoms with Crippen LogP contribution in [0.15, 0.2) is 72.8 Å². The fourth-order valence-corrected chi connectivity index (χ4v) is 5.91. The Balaban J connectivity index is 1.87. The van der Waals surface area contributed by atoms with E-state index in [1.165, 1.54) is 17.5 Å². The molecule has 2 amide bonds. The van der Waals surface area contributed by atoms with Crippen molar-refractivity contribution in [2.75, 3.05) is 30.8 Å². The molecule has 11 heteroatoms. The Morgan fingerprint density at radius 3 is 2.29 bits per heavy atom. The van der Waals surface area contributed by atoms with Crippen molar-refractivity contribution >= 4 is 50.7 Å². The van der Waals surface area contributed by atoms with E-state index in [1.54, 1.807) is 35.2 Å². The lowest BCUT2D eigenvalue weighted by atomic mass is 10.0. The van der Waals surface area contributed by atoms with E-state index < -0.39 is 16.1 Å². The molecule has 220 valence electrons. The van der Waals surface area contributed by atoms with E-state index in [0.717, 1.165) is 17.4 Å². The Labute approximate surface area is 252 Å². The van der Waals surface area contributed by atoms with Crippen molar-refractivity contribution in [3.63, 3.8) is 0 Å². The Bertz CT molecular complexity index is 1440. The second-order valence-corrected chi connectivity index (χ2v) is 12.3. The summed E-state index contributed by atoms with van der Waals surface area (Å²) in [6, 6.07) is 20.6. The average Bonchev–Trinajstić information content (AvgIpc) is 2.93. The van der Waals surface area contributed by atoms with Crippen LogP contribution in [0.25, 0.3) is 0 Å². The molecule has 0 aliphatic rings. The summed E-state index contributed by atoms with van der Waals surface area (Å²) in [6.07, 6.45) is 1.65. The lowest BCUT2D eigenvalue weighted by Crippen LogP contribution is -2.50. The smallest absolute Gasteiger partial charge is 0.243 e. The van der Waals surface area contributed by atoms with Gasteiger partial charge in [0.05, 0.1) is 24.1 Å². The van der Waals surface area contributed by atoms with Crippen LogP contribution in [0, 0.1) is 0 Å². The third kappa shape index (κ3) is 9.38. The zero-order valence-electron chi connectivity index (χ0n) is 23.3. The number of nitrogens with one attached hydrogen (secondary N) is 1. The molecule has 8 nitrogen and oxygen atoms in total. The number of halogens is 2. The molecule has 0 aliphatic carbocycles. The Morgan fingerprint density at radius 1 is 0.976 bits per heavy atom. The summed E-state index contributed by atoms with van der Waals surface area (Å²) < 4.78 is 31.7. The van der Waals surface area contributed by atoms with Crippen LogP contribution in [-0.2, 0) is 32.6 Å². The third-order valence-corrected chi connectivity index (χ3v) is 8.16. The summed E-state index contributed by atoms with van der Waals surface area (Å²) in [5.41, 5.74) is 2.05. The maximum Gasteiger partial charge on any atom is 0.243 e. The maximum atomic E-state index is 13.8. The van der Waals surface area contributed by atoms with E-state index in [0.29, 0.717) is 29.4 Å². The van der Waals surface area contributed by atoms with Gasteiger partial charge in [-0.25, -0.2) is 8.42 Å². The molecule has 0 saturated carbocycles. The minimum atomic E-state index is -3.67. The first-order valence-corrected chi connectivity index (χ1v) is 15.8. The van der Waals surface area contributed by atoms with Crippen molar-refractivity contribution in [1.29, 1.82) is 0 Å². The molecule has 1 atom stereocenters. The fraction of sp³-hybridized carbons (Fsp3) is 0.333. The maximum absolute atomic E-state index is 13.8. The Hall–Kier alpha value is -3.27. The minimum absolute atomic E-state index is 0.0150. The highest BCUT2D eigenvalue weighted by Crippen LogP contribution is 2.30. The molecular weight excluding hydrogens is 585 g/mol. The molecule has 0 heterocycles. The number of methoxy groups -OCH3 is 1. The van der Waals surface area contributed by atoms with Crippen LogP contribution in [0.4, 0.5) is 5.69 Å². The van der Waals surface area contributed by atoms with Crippen molar-refractivity contribution < 1.29 is 22.7 Å². The van der Waals surface area contributed by atoms with Crippen molar-refractivity contribution in [1.82, 2.24) is 10.2 Å². The summed E-state index contributed by atoms with van der Waals surface area (Å²) in [5, 5.41) is 3.65. The van der Waals surface area contributed by atoms with Gasteiger partial charge in [-0.05, 0) is 54.8 Å². The molecule has 0 saturated heterocycles. The van der Waals surface area contributed by atoms with Gasteiger partial charge in [-0.2, -0.15) is 0 Å². The van der Waals surface area contributed by atoms with Crippen LogP contribution in [0.5, 0.6) is 5.75 Å². The van der Waals surface area contributed by atoms with E-state index in [9.17, 15) is 18.0 Å². The van der Waals surface area contributed by atoms with Crippen LogP contribution in [-0.4, -0.2) is 57.6 Å². The monoisotopic (exact) mass is 619 g/mol. The number of sulfonamides is 1. The number of likely N-dealkylation sites (N-methyl/N-ethyl adjacent to an activating group) is 1. The predicted molar refractivity (Wildman–Crippen MR) is 164 cm³/mol. The van der Waals surface area contributed by atoms with E-state index in [-0.39, 0.29) is 42.8 Å². The molecule has 0 spiro atoms. The largest absolute Gasteiger partial charge is 0.495 e. The third-order valence-electron chi connectivity index (χ3n) is 6.44. The first kappa shape index (κ1) is 32.2. The summed E-state index contributed by atoms with van der Waals surface area (Å²) >= 11 is 12.5. The van der Waals surface area contributed by atoms with Gasteiger partial charge in [0.1, 0.15) is 11.8 Å².